The quantitative estimate of drug-likeness (QED) is 0.166. The fourth-order valence-corrected chi connectivity index (χ4v) is 7.20. The molecule has 1 fully saturated rings. The normalized spacial score (nSPS) is 16.7. The molecule has 0 bridgehead atoms. The molecule has 0 saturated carbocycles. The van der Waals surface area contributed by atoms with Gasteiger partial charge in [-0.2, -0.15) is 0 Å². The largest absolute Gasteiger partial charge is 0.497 e. The van der Waals surface area contributed by atoms with Crippen molar-refractivity contribution < 1.29 is 23.8 Å². The molecular formula is C34H33NO5S. The number of hydrogen-bond acceptors (Lipinski definition) is 6. The predicted molar refractivity (Wildman–Crippen MR) is 161 cm³/mol. The van der Waals surface area contributed by atoms with Gasteiger partial charge in [-0.1, -0.05) is 103 Å². The van der Waals surface area contributed by atoms with E-state index in [1.165, 1.54) is 12.0 Å². The van der Waals surface area contributed by atoms with Crippen LogP contribution < -0.4 is 4.74 Å². The number of nitrogens with zero attached hydrogens (tertiary/aromatic N) is 1. The number of likely N-dealkylation sites (tertiary alicyclic amines) is 1. The first-order valence-electron chi connectivity index (χ1n) is 13.5. The molecule has 4 aromatic rings. The summed E-state index contributed by atoms with van der Waals surface area (Å²) in [5, 5.41) is -0.0757. The van der Waals surface area contributed by atoms with Crippen LogP contribution in [-0.4, -0.2) is 49.0 Å². The second-order valence-corrected chi connectivity index (χ2v) is 11.4. The molecule has 210 valence electrons. The molecule has 0 N–H and O–H groups in total. The van der Waals surface area contributed by atoms with E-state index >= 15 is 0 Å². The highest BCUT2D eigenvalue weighted by Crippen LogP contribution is 2.52. The maximum atomic E-state index is 13.4. The molecule has 1 amide bonds. The lowest BCUT2D eigenvalue weighted by Gasteiger charge is -2.37. The Morgan fingerprint density at radius 3 is 1.76 bits per heavy atom. The van der Waals surface area contributed by atoms with E-state index in [1.807, 2.05) is 78.9 Å². The fraction of sp³-hybridized carbons (Fsp3) is 0.235. The highest BCUT2D eigenvalue weighted by molar-refractivity contribution is 8.01. The molecule has 0 aliphatic carbocycles. The van der Waals surface area contributed by atoms with Gasteiger partial charge >= 0.3 is 12.1 Å². The number of benzene rings is 4. The topological polar surface area (TPSA) is 65.1 Å². The van der Waals surface area contributed by atoms with Gasteiger partial charge in [-0.25, -0.2) is 9.59 Å². The molecular weight excluding hydrogens is 534 g/mol. The summed E-state index contributed by atoms with van der Waals surface area (Å²) in [5.74, 6) is 0.281. The molecule has 0 radical (unpaired) electrons. The Morgan fingerprint density at radius 1 is 0.780 bits per heavy atom. The van der Waals surface area contributed by atoms with Crippen LogP contribution in [0, 0.1) is 0 Å². The Labute approximate surface area is 245 Å². The monoisotopic (exact) mass is 567 g/mol. The van der Waals surface area contributed by atoms with Gasteiger partial charge in [-0.15, -0.1) is 11.8 Å². The van der Waals surface area contributed by atoms with Crippen LogP contribution in [0.15, 0.2) is 115 Å². The zero-order valence-corrected chi connectivity index (χ0v) is 24.0. The van der Waals surface area contributed by atoms with Crippen molar-refractivity contribution in [2.75, 3.05) is 20.8 Å². The van der Waals surface area contributed by atoms with Crippen molar-refractivity contribution in [1.82, 2.24) is 4.90 Å². The zero-order valence-electron chi connectivity index (χ0n) is 23.1. The molecule has 1 saturated heterocycles. The van der Waals surface area contributed by atoms with Crippen LogP contribution in [0.1, 0.15) is 28.7 Å². The Balaban J connectivity index is 1.46. The lowest BCUT2D eigenvalue weighted by Crippen LogP contribution is -2.41. The van der Waals surface area contributed by atoms with Crippen LogP contribution in [0.25, 0.3) is 0 Å². The van der Waals surface area contributed by atoms with Crippen LogP contribution >= 0.6 is 11.8 Å². The Hall–Kier alpha value is -4.23. The number of methoxy groups -OCH3 is 2. The molecule has 1 aliphatic rings. The molecule has 0 unspecified atom stereocenters. The molecule has 1 heterocycles. The molecule has 0 aromatic heterocycles. The van der Waals surface area contributed by atoms with E-state index in [9.17, 15) is 9.59 Å². The second-order valence-electron chi connectivity index (χ2n) is 9.85. The molecule has 0 spiro atoms. The zero-order chi connectivity index (χ0) is 28.7. The summed E-state index contributed by atoms with van der Waals surface area (Å²) < 4.78 is 15.4. The van der Waals surface area contributed by atoms with E-state index < -0.39 is 22.9 Å². The van der Waals surface area contributed by atoms with E-state index in [-0.39, 0.29) is 11.9 Å². The number of thioether (sulfide) groups is 1. The number of amides is 1. The van der Waals surface area contributed by atoms with E-state index in [2.05, 4.69) is 36.4 Å². The first-order chi connectivity index (χ1) is 20.0. The summed E-state index contributed by atoms with van der Waals surface area (Å²) in [6.07, 6.45) is -0.0903. The molecule has 5 rings (SSSR count). The number of esters is 1. The standard InChI is InChI=1S/C34H33NO5S/c1-38-29-20-18-25(19-21-29)24-40-33(37)35-23-30(22-31(35)32(36)39-2)41-34(26-12-6-3-7-13-26,27-14-8-4-9-15-27)28-16-10-5-11-17-28/h3-21,30-31H,22-24H2,1-2H3/t30-,31-/m0/s1. The van der Waals surface area contributed by atoms with E-state index in [0.29, 0.717) is 13.0 Å². The third-order valence-electron chi connectivity index (χ3n) is 7.38. The second kappa shape index (κ2) is 13.0. The van der Waals surface area contributed by atoms with Crippen LogP contribution in [0.4, 0.5) is 4.79 Å². The summed E-state index contributed by atoms with van der Waals surface area (Å²) in [7, 11) is 2.96. The van der Waals surface area contributed by atoms with Gasteiger partial charge in [0.1, 0.15) is 18.4 Å². The summed E-state index contributed by atoms with van der Waals surface area (Å²) >= 11 is 1.76. The summed E-state index contributed by atoms with van der Waals surface area (Å²) in [6.45, 7) is 0.438. The van der Waals surface area contributed by atoms with Crippen LogP contribution in [-0.2, 0) is 25.6 Å². The summed E-state index contributed by atoms with van der Waals surface area (Å²) in [6, 6.07) is 37.8. The first-order valence-corrected chi connectivity index (χ1v) is 14.4. The van der Waals surface area contributed by atoms with Gasteiger partial charge in [0, 0.05) is 11.8 Å². The lowest BCUT2D eigenvalue weighted by molar-refractivity contribution is -0.145. The predicted octanol–water partition coefficient (Wildman–Crippen LogP) is 6.67. The van der Waals surface area contributed by atoms with E-state index in [0.717, 1.165) is 28.0 Å². The van der Waals surface area contributed by atoms with Gasteiger partial charge in [-0.05, 0) is 40.8 Å². The number of hydrogen-bond donors (Lipinski definition) is 0. The lowest BCUT2D eigenvalue weighted by atomic mass is 9.84. The maximum absolute atomic E-state index is 13.4. The molecule has 41 heavy (non-hydrogen) atoms. The molecule has 1 aliphatic heterocycles. The highest BCUT2D eigenvalue weighted by Gasteiger charge is 2.47. The third-order valence-corrected chi connectivity index (χ3v) is 9.11. The van der Waals surface area contributed by atoms with Crippen LogP contribution in [0.3, 0.4) is 0 Å². The SMILES string of the molecule is COC(=O)[C@@H]1C[C@H](SC(c2ccccc2)(c2ccccc2)c2ccccc2)CN1C(=O)OCc1ccc(OC)cc1. The smallest absolute Gasteiger partial charge is 0.410 e. The van der Waals surface area contributed by atoms with Gasteiger partial charge in [0.05, 0.1) is 19.0 Å². The van der Waals surface area contributed by atoms with Gasteiger partial charge in [0.25, 0.3) is 0 Å². The Bertz CT molecular complexity index is 1330. The Kier molecular flexibility index (Phi) is 8.95. The van der Waals surface area contributed by atoms with E-state index in [4.69, 9.17) is 14.2 Å². The highest BCUT2D eigenvalue weighted by atomic mass is 32.2. The van der Waals surface area contributed by atoms with Crippen LogP contribution in [0.5, 0.6) is 5.75 Å². The minimum atomic E-state index is -0.735. The first kappa shape index (κ1) is 28.3. The molecule has 6 nitrogen and oxygen atoms in total. The van der Waals surface area contributed by atoms with Crippen molar-refractivity contribution in [2.45, 2.75) is 29.1 Å². The Morgan fingerprint density at radius 2 is 1.29 bits per heavy atom. The number of carbonyl (C=O) groups is 2. The molecule has 2 atom stereocenters. The van der Waals surface area contributed by atoms with Gasteiger partial charge < -0.3 is 14.2 Å². The summed E-state index contributed by atoms with van der Waals surface area (Å²) in [4.78, 5) is 27.8. The maximum Gasteiger partial charge on any atom is 0.410 e. The van der Waals surface area contributed by atoms with Crippen LogP contribution in [0.2, 0.25) is 0 Å². The average molecular weight is 568 g/mol. The number of rotatable bonds is 9. The van der Waals surface area contributed by atoms with Crippen molar-refractivity contribution in [2.24, 2.45) is 0 Å². The third kappa shape index (κ3) is 6.10. The van der Waals surface area contributed by atoms with Gasteiger partial charge in [0.2, 0.25) is 0 Å². The molecule has 4 aromatic carbocycles. The van der Waals surface area contributed by atoms with Gasteiger partial charge in [-0.3, -0.25) is 4.90 Å². The summed E-state index contributed by atoms with van der Waals surface area (Å²) in [5.41, 5.74) is 4.20. The number of ether oxygens (including phenoxy) is 3. The van der Waals surface area contributed by atoms with Crippen molar-refractivity contribution in [3.05, 3.63) is 138 Å². The molecule has 7 heteroatoms. The number of carbonyl (C=O) groups excluding carboxylic acids is 2. The average Bonchev–Trinajstić information content (AvgIpc) is 3.47. The minimum Gasteiger partial charge on any atom is -0.497 e. The van der Waals surface area contributed by atoms with Crippen molar-refractivity contribution >= 4 is 23.8 Å². The van der Waals surface area contributed by atoms with Crippen molar-refractivity contribution in [3.8, 4) is 5.75 Å². The van der Waals surface area contributed by atoms with Crippen molar-refractivity contribution in [1.29, 1.82) is 0 Å². The van der Waals surface area contributed by atoms with Crippen molar-refractivity contribution in [3.63, 3.8) is 0 Å². The van der Waals surface area contributed by atoms with E-state index in [1.54, 1.807) is 18.9 Å². The van der Waals surface area contributed by atoms with Gasteiger partial charge in [0.15, 0.2) is 0 Å². The fourth-order valence-electron chi connectivity index (χ4n) is 5.37. The minimum absolute atomic E-state index is 0.0757.